The SMILES string of the molecule is CC1=C(C)C(C)(C(C)CCC=O)CCC1. The Labute approximate surface area is 93.9 Å². The minimum Gasteiger partial charge on any atom is -0.303 e. The molecule has 1 aliphatic carbocycles. The van der Waals surface area contributed by atoms with Crippen molar-refractivity contribution in [2.45, 2.75) is 59.8 Å². The Balaban J connectivity index is 2.80. The number of carbonyl (C=O) groups is 1. The van der Waals surface area contributed by atoms with Gasteiger partial charge in [-0.15, -0.1) is 0 Å². The fraction of sp³-hybridized carbons (Fsp3) is 0.786. The Hall–Kier alpha value is -0.590. The van der Waals surface area contributed by atoms with Gasteiger partial charge >= 0.3 is 0 Å². The Bertz CT molecular complexity index is 265. The lowest BCUT2D eigenvalue weighted by atomic mass is 9.64. The van der Waals surface area contributed by atoms with Crippen molar-refractivity contribution in [2.75, 3.05) is 0 Å². The molecule has 86 valence electrons. The van der Waals surface area contributed by atoms with E-state index in [2.05, 4.69) is 27.7 Å². The van der Waals surface area contributed by atoms with Crippen molar-refractivity contribution in [3.05, 3.63) is 11.1 Å². The van der Waals surface area contributed by atoms with Gasteiger partial charge in [-0.25, -0.2) is 0 Å². The van der Waals surface area contributed by atoms with Crippen molar-refractivity contribution in [3.8, 4) is 0 Å². The van der Waals surface area contributed by atoms with Gasteiger partial charge in [0, 0.05) is 6.42 Å². The molecule has 2 atom stereocenters. The van der Waals surface area contributed by atoms with Crippen molar-refractivity contribution in [3.63, 3.8) is 0 Å². The topological polar surface area (TPSA) is 17.1 Å². The Morgan fingerprint density at radius 2 is 2.13 bits per heavy atom. The summed E-state index contributed by atoms with van der Waals surface area (Å²) < 4.78 is 0. The van der Waals surface area contributed by atoms with Crippen LogP contribution in [0.4, 0.5) is 0 Å². The maximum Gasteiger partial charge on any atom is 0.120 e. The average Bonchev–Trinajstić information content (AvgIpc) is 2.22. The molecule has 0 amide bonds. The lowest BCUT2D eigenvalue weighted by Gasteiger charge is -2.41. The molecule has 0 saturated heterocycles. The van der Waals surface area contributed by atoms with Gasteiger partial charge in [-0.2, -0.15) is 0 Å². The third-order valence-electron chi connectivity index (χ3n) is 4.55. The first-order chi connectivity index (χ1) is 7.02. The van der Waals surface area contributed by atoms with Crippen molar-refractivity contribution in [1.29, 1.82) is 0 Å². The fourth-order valence-electron chi connectivity index (χ4n) is 2.84. The van der Waals surface area contributed by atoms with Gasteiger partial charge in [-0.3, -0.25) is 0 Å². The normalized spacial score (nSPS) is 29.1. The average molecular weight is 208 g/mol. The quantitative estimate of drug-likeness (QED) is 0.501. The third-order valence-corrected chi connectivity index (χ3v) is 4.55. The highest BCUT2D eigenvalue weighted by Crippen LogP contribution is 2.46. The van der Waals surface area contributed by atoms with Crippen molar-refractivity contribution < 1.29 is 4.79 Å². The maximum absolute atomic E-state index is 10.4. The van der Waals surface area contributed by atoms with Crippen LogP contribution in [0.25, 0.3) is 0 Å². The molecule has 1 heteroatoms. The summed E-state index contributed by atoms with van der Waals surface area (Å²) in [6.07, 6.45) is 6.66. The van der Waals surface area contributed by atoms with E-state index in [4.69, 9.17) is 0 Å². The molecule has 0 saturated carbocycles. The van der Waals surface area contributed by atoms with Gasteiger partial charge in [-0.05, 0) is 50.9 Å². The van der Waals surface area contributed by atoms with Crippen LogP contribution in [0.15, 0.2) is 11.1 Å². The first-order valence-electron chi connectivity index (χ1n) is 6.13. The molecule has 0 spiro atoms. The van der Waals surface area contributed by atoms with Crippen LogP contribution in [0.5, 0.6) is 0 Å². The molecule has 0 bridgehead atoms. The van der Waals surface area contributed by atoms with Gasteiger partial charge in [0.05, 0.1) is 0 Å². The number of hydrogen-bond donors (Lipinski definition) is 0. The van der Waals surface area contributed by atoms with Gasteiger partial charge in [0.15, 0.2) is 0 Å². The van der Waals surface area contributed by atoms with E-state index in [-0.39, 0.29) is 0 Å². The van der Waals surface area contributed by atoms with Crippen molar-refractivity contribution >= 4 is 6.29 Å². The van der Waals surface area contributed by atoms with E-state index >= 15 is 0 Å². The molecular formula is C14H24O. The molecule has 0 aromatic carbocycles. The van der Waals surface area contributed by atoms with Crippen LogP contribution in [-0.4, -0.2) is 6.29 Å². The number of carbonyl (C=O) groups excluding carboxylic acids is 1. The van der Waals surface area contributed by atoms with Crippen LogP contribution < -0.4 is 0 Å². The van der Waals surface area contributed by atoms with Gasteiger partial charge < -0.3 is 4.79 Å². The van der Waals surface area contributed by atoms with E-state index in [0.29, 0.717) is 17.8 Å². The van der Waals surface area contributed by atoms with Gasteiger partial charge in [-0.1, -0.05) is 25.0 Å². The lowest BCUT2D eigenvalue weighted by Crippen LogP contribution is -2.30. The second kappa shape index (κ2) is 4.96. The molecule has 15 heavy (non-hydrogen) atoms. The summed E-state index contributed by atoms with van der Waals surface area (Å²) in [5.74, 6) is 0.623. The molecule has 2 unspecified atom stereocenters. The van der Waals surface area contributed by atoms with Crippen LogP contribution in [0.2, 0.25) is 0 Å². The number of hydrogen-bond acceptors (Lipinski definition) is 1. The van der Waals surface area contributed by atoms with Crippen LogP contribution in [0.3, 0.4) is 0 Å². The predicted molar refractivity (Wildman–Crippen MR) is 64.8 cm³/mol. The maximum atomic E-state index is 10.4. The molecule has 1 aliphatic rings. The van der Waals surface area contributed by atoms with E-state index in [1.807, 2.05) is 0 Å². The van der Waals surface area contributed by atoms with E-state index in [0.717, 1.165) is 12.7 Å². The van der Waals surface area contributed by atoms with Crippen LogP contribution in [0.1, 0.15) is 59.8 Å². The lowest BCUT2D eigenvalue weighted by molar-refractivity contribution is -0.108. The highest BCUT2D eigenvalue weighted by atomic mass is 16.1. The molecule has 0 heterocycles. The number of aldehydes is 1. The van der Waals surface area contributed by atoms with E-state index < -0.39 is 0 Å². The Kier molecular flexibility index (Phi) is 4.12. The molecule has 0 aromatic heterocycles. The highest BCUT2D eigenvalue weighted by Gasteiger charge is 2.35. The van der Waals surface area contributed by atoms with E-state index in [1.54, 1.807) is 11.1 Å². The molecule has 0 N–H and O–H groups in total. The first-order valence-corrected chi connectivity index (χ1v) is 6.13. The second-order valence-corrected chi connectivity index (χ2v) is 5.32. The molecule has 1 rings (SSSR count). The van der Waals surface area contributed by atoms with Crippen LogP contribution in [-0.2, 0) is 4.79 Å². The van der Waals surface area contributed by atoms with Crippen LogP contribution >= 0.6 is 0 Å². The first kappa shape index (κ1) is 12.5. The number of rotatable bonds is 4. The summed E-state index contributed by atoms with van der Waals surface area (Å²) in [6.45, 7) is 9.22. The van der Waals surface area contributed by atoms with E-state index in [1.165, 1.54) is 19.3 Å². The number of allylic oxidation sites excluding steroid dienone is 2. The van der Waals surface area contributed by atoms with Crippen molar-refractivity contribution in [1.82, 2.24) is 0 Å². The zero-order valence-electron chi connectivity index (χ0n) is 10.6. The molecule has 0 fully saturated rings. The van der Waals surface area contributed by atoms with Crippen LogP contribution in [0, 0.1) is 11.3 Å². The third kappa shape index (κ3) is 2.50. The molecular weight excluding hydrogens is 184 g/mol. The largest absolute Gasteiger partial charge is 0.303 e. The summed E-state index contributed by atoms with van der Waals surface area (Å²) >= 11 is 0. The summed E-state index contributed by atoms with van der Waals surface area (Å²) in [5.41, 5.74) is 3.49. The molecule has 0 aromatic rings. The molecule has 0 radical (unpaired) electrons. The smallest absolute Gasteiger partial charge is 0.120 e. The molecule has 1 nitrogen and oxygen atoms in total. The Morgan fingerprint density at radius 1 is 1.47 bits per heavy atom. The monoisotopic (exact) mass is 208 g/mol. The predicted octanol–water partition coefficient (Wildman–Crippen LogP) is 4.13. The zero-order chi connectivity index (χ0) is 11.5. The highest BCUT2D eigenvalue weighted by molar-refractivity contribution is 5.49. The molecule has 0 aliphatic heterocycles. The van der Waals surface area contributed by atoms with Gasteiger partial charge in [0.1, 0.15) is 6.29 Å². The zero-order valence-corrected chi connectivity index (χ0v) is 10.6. The summed E-state index contributed by atoms with van der Waals surface area (Å²) in [7, 11) is 0. The van der Waals surface area contributed by atoms with Crippen molar-refractivity contribution in [2.24, 2.45) is 11.3 Å². The summed E-state index contributed by atoms with van der Waals surface area (Å²) in [6, 6.07) is 0. The minimum absolute atomic E-state index is 0.339. The second-order valence-electron chi connectivity index (χ2n) is 5.32. The van der Waals surface area contributed by atoms with Gasteiger partial charge in [0.2, 0.25) is 0 Å². The summed E-state index contributed by atoms with van der Waals surface area (Å²) in [5, 5.41) is 0. The minimum atomic E-state index is 0.339. The Morgan fingerprint density at radius 3 is 2.73 bits per heavy atom. The fourth-order valence-corrected chi connectivity index (χ4v) is 2.84. The van der Waals surface area contributed by atoms with E-state index in [9.17, 15) is 4.79 Å². The summed E-state index contributed by atoms with van der Waals surface area (Å²) in [4.78, 5) is 10.4. The van der Waals surface area contributed by atoms with Gasteiger partial charge in [0.25, 0.3) is 0 Å². The standard InChI is InChI=1S/C14H24O/c1-11-7-5-9-14(4,13(11)3)12(2)8-6-10-15/h10,12H,5-9H2,1-4H3.